The fourth-order valence-corrected chi connectivity index (χ4v) is 3.07. The lowest BCUT2D eigenvalue weighted by Gasteiger charge is -2.13. The summed E-state index contributed by atoms with van der Waals surface area (Å²) in [5.74, 6) is -7.93. The van der Waals surface area contributed by atoms with Gasteiger partial charge in [0, 0.05) is 18.2 Å². The van der Waals surface area contributed by atoms with Gasteiger partial charge in [-0.2, -0.15) is 0 Å². The Morgan fingerprint density at radius 3 is 1.35 bits per heavy atom. The van der Waals surface area contributed by atoms with Crippen molar-refractivity contribution in [3.05, 3.63) is 102 Å². The molecular formula is C21H11N3O13. The zero-order chi connectivity index (χ0) is 27.4. The third-order valence-corrected chi connectivity index (χ3v) is 4.65. The van der Waals surface area contributed by atoms with E-state index in [2.05, 4.69) is 0 Å². The maximum atomic E-state index is 13.0. The summed E-state index contributed by atoms with van der Waals surface area (Å²) >= 11 is 0. The van der Waals surface area contributed by atoms with Gasteiger partial charge in [-0.3, -0.25) is 30.3 Å². The summed E-state index contributed by atoms with van der Waals surface area (Å²) in [5.41, 5.74) is -5.18. The Hall–Kier alpha value is -5.93. The molecule has 16 nitrogen and oxygen atoms in total. The van der Waals surface area contributed by atoms with E-state index in [4.69, 9.17) is 9.47 Å². The van der Waals surface area contributed by atoms with Crippen molar-refractivity contribution >= 4 is 35.0 Å². The van der Waals surface area contributed by atoms with Gasteiger partial charge in [0.25, 0.3) is 0 Å². The molecule has 188 valence electrons. The van der Waals surface area contributed by atoms with Gasteiger partial charge in [-0.1, -0.05) is 18.2 Å². The third kappa shape index (κ3) is 5.11. The summed E-state index contributed by atoms with van der Waals surface area (Å²) in [6.07, 6.45) is 0. The first-order valence-electron chi connectivity index (χ1n) is 9.62. The Bertz CT molecular complexity index is 1430. The number of nitro groups is 3. The lowest BCUT2D eigenvalue weighted by molar-refractivity contribution is -0.387. The van der Waals surface area contributed by atoms with E-state index >= 15 is 0 Å². The van der Waals surface area contributed by atoms with Gasteiger partial charge in [0.1, 0.15) is 16.7 Å². The summed E-state index contributed by atoms with van der Waals surface area (Å²) in [7, 11) is 0. The molecule has 0 radical (unpaired) electrons. The van der Waals surface area contributed by atoms with Crippen molar-refractivity contribution in [2.45, 2.75) is 0 Å². The molecule has 0 aliphatic rings. The van der Waals surface area contributed by atoms with Crippen LogP contribution in [0.4, 0.5) is 17.1 Å². The summed E-state index contributed by atoms with van der Waals surface area (Å²) in [6.45, 7) is 0. The van der Waals surface area contributed by atoms with Gasteiger partial charge in [-0.05, 0) is 18.2 Å². The van der Waals surface area contributed by atoms with Crippen molar-refractivity contribution in [2.24, 2.45) is 0 Å². The first-order chi connectivity index (χ1) is 17.4. The normalized spacial score (nSPS) is 10.3. The number of hydrogen-bond acceptors (Lipinski definition) is 11. The number of nitro benzene ring substituents is 3. The largest absolute Gasteiger partial charge is 0.478 e. The topological polar surface area (TPSA) is 240 Å². The van der Waals surface area contributed by atoms with Crippen molar-refractivity contribution in [3.8, 4) is 17.2 Å². The summed E-state index contributed by atoms with van der Waals surface area (Å²) in [6, 6.07) is 8.22. The van der Waals surface area contributed by atoms with Crippen LogP contribution in [-0.2, 0) is 0 Å². The maximum Gasteiger partial charge on any atom is 0.347 e. The van der Waals surface area contributed by atoms with Crippen LogP contribution in [0, 0.1) is 30.3 Å². The van der Waals surface area contributed by atoms with Crippen LogP contribution in [0.2, 0.25) is 0 Å². The summed E-state index contributed by atoms with van der Waals surface area (Å²) in [5, 5.41) is 53.2. The Labute approximate surface area is 203 Å². The number of rotatable bonds is 9. The van der Waals surface area contributed by atoms with Crippen LogP contribution in [-0.4, -0.2) is 42.9 Å². The zero-order valence-corrected chi connectivity index (χ0v) is 17.9. The molecule has 3 aromatic carbocycles. The second kappa shape index (κ2) is 10.1. The number of nitrogens with zero attached hydrogens (tertiary/aromatic N) is 3. The van der Waals surface area contributed by atoms with E-state index in [1.165, 1.54) is 0 Å². The average molecular weight is 513 g/mol. The predicted octanol–water partition coefficient (Wildman–Crippen LogP) is 3.82. The number of carbonyl (C=O) groups is 3. The van der Waals surface area contributed by atoms with Gasteiger partial charge >= 0.3 is 35.0 Å². The molecule has 3 rings (SSSR count). The number of aromatic carboxylic acids is 2. The monoisotopic (exact) mass is 513 g/mol. The molecule has 0 unspecified atom stereocenters. The highest BCUT2D eigenvalue weighted by molar-refractivity contribution is 5.99. The molecule has 3 aromatic rings. The van der Waals surface area contributed by atoms with E-state index in [9.17, 15) is 54.9 Å². The lowest BCUT2D eigenvalue weighted by Crippen LogP contribution is -2.15. The van der Waals surface area contributed by atoms with Crippen LogP contribution in [0.15, 0.2) is 54.6 Å². The van der Waals surface area contributed by atoms with Crippen LogP contribution in [0.1, 0.15) is 31.1 Å². The zero-order valence-electron chi connectivity index (χ0n) is 17.9. The quantitative estimate of drug-likeness (QED) is 0.179. The van der Waals surface area contributed by atoms with Crippen molar-refractivity contribution in [3.63, 3.8) is 0 Å². The van der Waals surface area contributed by atoms with Gasteiger partial charge < -0.3 is 19.7 Å². The highest BCUT2D eigenvalue weighted by Crippen LogP contribution is 2.41. The molecule has 0 aliphatic carbocycles. The second-order valence-corrected chi connectivity index (χ2v) is 6.83. The van der Waals surface area contributed by atoms with Crippen LogP contribution in [0.3, 0.4) is 0 Å². The molecule has 0 fully saturated rings. The number of hydrogen-bond donors (Lipinski definition) is 2. The van der Waals surface area contributed by atoms with Crippen molar-refractivity contribution < 1.29 is 48.8 Å². The number of para-hydroxylation sites is 3. The number of esters is 1. The smallest absolute Gasteiger partial charge is 0.347 e. The third-order valence-electron chi connectivity index (χ3n) is 4.65. The van der Waals surface area contributed by atoms with Crippen molar-refractivity contribution in [2.75, 3.05) is 0 Å². The minimum absolute atomic E-state index is 0.779. The molecule has 37 heavy (non-hydrogen) atoms. The fraction of sp³-hybridized carbons (Fsp3) is 0. The van der Waals surface area contributed by atoms with Gasteiger partial charge in [0.15, 0.2) is 0 Å². The number of benzene rings is 3. The summed E-state index contributed by atoms with van der Waals surface area (Å²) in [4.78, 5) is 67.5. The lowest BCUT2D eigenvalue weighted by atomic mass is 10.1. The molecule has 2 N–H and O–H groups in total. The van der Waals surface area contributed by atoms with Gasteiger partial charge in [-0.15, -0.1) is 0 Å². The van der Waals surface area contributed by atoms with Gasteiger partial charge in [0.05, 0.1) is 14.8 Å². The number of carboxylic acid groups (broad SMARTS) is 2. The Balaban J connectivity index is 2.22. The number of carboxylic acids is 2. The minimum Gasteiger partial charge on any atom is -0.478 e. The van der Waals surface area contributed by atoms with Crippen LogP contribution in [0.25, 0.3) is 0 Å². The van der Waals surface area contributed by atoms with Crippen LogP contribution < -0.4 is 9.47 Å². The number of carbonyl (C=O) groups excluding carboxylic acids is 1. The molecule has 16 heteroatoms. The van der Waals surface area contributed by atoms with E-state index in [1.54, 1.807) is 0 Å². The second-order valence-electron chi connectivity index (χ2n) is 6.83. The van der Waals surface area contributed by atoms with Crippen LogP contribution in [0.5, 0.6) is 17.2 Å². The molecular weight excluding hydrogens is 502 g/mol. The van der Waals surface area contributed by atoms with E-state index in [0.29, 0.717) is 0 Å². The van der Waals surface area contributed by atoms with Crippen molar-refractivity contribution in [1.29, 1.82) is 0 Å². The Morgan fingerprint density at radius 1 is 0.595 bits per heavy atom. The van der Waals surface area contributed by atoms with Crippen LogP contribution >= 0.6 is 0 Å². The minimum atomic E-state index is -1.70. The highest BCUT2D eigenvalue weighted by atomic mass is 16.6. The molecule has 0 aliphatic heterocycles. The van der Waals surface area contributed by atoms with E-state index in [0.717, 1.165) is 54.6 Å². The molecule has 0 spiro atoms. The first kappa shape index (κ1) is 25.7. The maximum absolute atomic E-state index is 13.0. The fourth-order valence-electron chi connectivity index (χ4n) is 3.07. The summed E-state index contributed by atoms with van der Waals surface area (Å²) < 4.78 is 10.2. The standard InChI is InChI=1S/C21H11N3O13/c25-19(26)10-4-1-7-13(22(30)31)16(10)36-18-12(6-3-9-15(18)24(34)35)21(29)37-17-11(20(27)28)5-2-8-14(17)23(32)33/h1-9H,(H,25,26)(H,27,28). The molecule has 0 heterocycles. The van der Waals surface area contributed by atoms with E-state index in [-0.39, 0.29) is 0 Å². The molecule has 0 bridgehead atoms. The highest BCUT2D eigenvalue weighted by Gasteiger charge is 2.32. The van der Waals surface area contributed by atoms with E-state index < -0.39 is 83.7 Å². The van der Waals surface area contributed by atoms with Gasteiger partial charge in [-0.25, -0.2) is 14.4 Å². The molecule has 0 amide bonds. The molecule has 0 saturated heterocycles. The first-order valence-corrected chi connectivity index (χ1v) is 9.62. The Morgan fingerprint density at radius 2 is 0.946 bits per heavy atom. The molecule has 0 atom stereocenters. The SMILES string of the molecule is O=C(O)c1cccc([N+](=O)[O-])c1OC(=O)c1cccc([N+](=O)[O-])c1Oc1c(C(=O)O)cccc1[N+](=O)[O-]. The Kier molecular flexibility index (Phi) is 7.04. The van der Waals surface area contributed by atoms with E-state index in [1.807, 2.05) is 0 Å². The molecule has 0 saturated carbocycles. The predicted molar refractivity (Wildman–Crippen MR) is 118 cm³/mol. The molecule has 0 aromatic heterocycles. The number of ether oxygens (including phenoxy) is 2. The van der Waals surface area contributed by atoms with Crippen molar-refractivity contribution in [1.82, 2.24) is 0 Å². The average Bonchev–Trinajstić information content (AvgIpc) is 2.83. The van der Waals surface area contributed by atoms with Gasteiger partial charge in [0.2, 0.25) is 17.2 Å².